The number of carbonyl (C=O) groups is 1. The van der Waals surface area contributed by atoms with Crippen LogP contribution in [0.15, 0.2) is 82.2 Å². The zero-order valence-corrected chi connectivity index (χ0v) is 20.3. The normalized spacial score (nSPS) is 17.4. The van der Waals surface area contributed by atoms with Gasteiger partial charge in [-0.3, -0.25) is 4.79 Å². The molecule has 1 unspecified atom stereocenters. The Morgan fingerprint density at radius 2 is 1.73 bits per heavy atom. The van der Waals surface area contributed by atoms with Gasteiger partial charge in [0, 0.05) is 35.5 Å². The topological polar surface area (TPSA) is 105 Å². The molecular formula is C28H26N6O3. The monoisotopic (exact) mass is 494 g/mol. The summed E-state index contributed by atoms with van der Waals surface area (Å²) < 4.78 is 11.4. The van der Waals surface area contributed by atoms with Gasteiger partial charge >= 0.3 is 6.01 Å². The summed E-state index contributed by atoms with van der Waals surface area (Å²) in [4.78, 5) is 20.2. The van der Waals surface area contributed by atoms with Crippen molar-refractivity contribution < 1.29 is 13.9 Å². The van der Waals surface area contributed by atoms with Gasteiger partial charge in [-0.1, -0.05) is 53.6 Å². The van der Waals surface area contributed by atoms with Crippen molar-refractivity contribution in [2.24, 2.45) is 4.99 Å². The summed E-state index contributed by atoms with van der Waals surface area (Å²) in [5.74, 6) is 0.0487. The number of ether oxygens (including phenoxy) is 1. The Balaban J connectivity index is 1.27. The molecule has 1 amide bonds. The molecule has 37 heavy (non-hydrogen) atoms. The first-order valence-electron chi connectivity index (χ1n) is 12.2. The van der Waals surface area contributed by atoms with Gasteiger partial charge in [-0.25, -0.2) is 4.99 Å². The summed E-state index contributed by atoms with van der Waals surface area (Å²) in [5.41, 5.74) is 6.23. The van der Waals surface area contributed by atoms with Crippen molar-refractivity contribution in [1.82, 2.24) is 10.2 Å². The van der Waals surface area contributed by atoms with Gasteiger partial charge in [0.25, 0.3) is 5.91 Å². The maximum atomic E-state index is 13.1. The average molecular weight is 495 g/mol. The third-order valence-electron chi connectivity index (χ3n) is 6.47. The number of fused-ring (bicyclic) bond motifs is 1. The number of aromatic nitrogens is 2. The highest BCUT2D eigenvalue weighted by molar-refractivity contribution is 6.19. The molecule has 0 spiro atoms. The van der Waals surface area contributed by atoms with Crippen LogP contribution >= 0.6 is 0 Å². The molecule has 1 fully saturated rings. The van der Waals surface area contributed by atoms with E-state index in [0.29, 0.717) is 17.3 Å². The van der Waals surface area contributed by atoms with Gasteiger partial charge < -0.3 is 24.7 Å². The molecular weight excluding hydrogens is 468 g/mol. The molecule has 1 aromatic heterocycles. The van der Waals surface area contributed by atoms with E-state index in [0.717, 1.165) is 48.6 Å². The number of benzene rings is 3. The summed E-state index contributed by atoms with van der Waals surface area (Å²) in [5, 5.41) is 14.3. The van der Waals surface area contributed by atoms with Crippen LogP contribution in [-0.2, 0) is 9.53 Å². The van der Waals surface area contributed by atoms with Gasteiger partial charge in [-0.05, 0) is 36.8 Å². The van der Waals surface area contributed by atoms with Crippen LogP contribution < -0.4 is 15.5 Å². The van der Waals surface area contributed by atoms with Crippen molar-refractivity contribution in [2.75, 3.05) is 41.8 Å². The van der Waals surface area contributed by atoms with Crippen LogP contribution in [-0.4, -0.2) is 54.3 Å². The van der Waals surface area contributed by atoms with E-state index in [2.05, 4.69) is 38.7 Å². The lowest BCUT2D eigenvalue weighted by atomic mass is 10.0. The fourth-order valence-corrected chi connectivity index (χ4v) is 4.64. The molecule has 2 N–H and O–H groups in total. The van der Waals surface area contributed by atoms with E-state index in [1.54, 1.807) is 0 Å². The van der Waals surface area contributed by atoms with Gasteiger partial charge in [0.2, 0.25) is 12.1 Å². The lowest BCUT2D eigenvalue weighted by Crippen LogP contribution is -2.36. The molecule has 9 nitrogen and oxygen atoms in total. The summed E-state index contributed by atoms with van der Waals surface area (Å²) in [6.07, 6.45) is -0.957. The zero-order chi connectivity index (χ0) is 25.2. The van der Waals surface area contributed by atoms with Gasteiger partial charge in [-0.2, -0.15) is 0 Å². The third kappa shape index (κ3) is 4.68. The number of benzodiazepines with no additional fused rings is 1. The summed E-state index contributed by atoms with van der Waals surface area (Å²) in [6, 6.07) is 23.6. The van der Waals surface area contributed by atoms with Gasteiger partial charge in [-0.15, -0.1) is 5.10 Å². The number of hydrogen-bond acceptors (Lipinski definition) is 8. The second kappa shape index (κ2) is 9.87. The number of para-hydroxylation sites is 1. The van der Waals surface area contributed by atoms with Gasteiger partial charge in [0.1, 0.15) is 0 Å². The van der Waals surface area contributed by atoms with E-state index in [1.165, 1.54) is 5.69 Å². The van der Waals surface area contributed by atoms with Crippen LogP contribution in [0.2, 0.25) is 0 Å². The number of aryl methyl sites for hydroxylation is 1. The van der Waals surface area contributed by atoms with E-state index >= 15 is 0 Å². The number of hydrogen-bond donors (Lipinski definition) is 2. The minimum absolute atomic E-state index is 0.118. The highest BCUT2D eigenvalue weighted by Crippen LogP contribution is 2.29. The Morgan fingerprint density at radius 3 is 2.54 bits per heavy atom. The second-order valence-electron chi connectivity index (χ2n) is 8.94. The highest BCUT2D eigenvalue weighted by atomic mass is 16.5. The molecule has 0 saturated carbocycles. The quantitative estimate of drug-likeness (QED) is 0.430. The number of nitrogens with zero attached hydrogens (tertiary/aromatic N) is 4. The molecule has 0 aliphatic carbocycles. The van der Waals surface area contributed by atoms with Crippen molar-refractivity contribution in [3.05, 3.63) is 89.5 Å². The Bertz CT molecular complexity index is 1460. The smallest absolute Gasteiger partial charge is 0.317 e. The summed E-state index contributed by atoms with van der Waals surface area (Å²) in [6.45, 7) is 5.26. The highest BCUT2D eigenvalue weighted by Gasteiger charge is 2.27. The first-order chi connectivity index (χ1) is 18.2. The summed E-state index contributed by atoms with van der Waals surface area (Å²) in [7, 11) is 0. The largest absolute Gasteiger partial charge is 0.403 e. The number of amides is 1. The van der Waals surface area contributed by atoms with Crippen molar-refractivity contribution in [2.45, 2.75) is 13.1 Å². The van der Waals surface area contributed by atoms with E-state index < -0.39 is 6.17 Å². The third-order valence-corrected chi connectivity index (χ3v) is 6.47. The van der Waals surface area contributed by atoms with Crippen LogP contribution in [0.1, 0.15) is 16.7 Å². The minimum Gasteiger partial charge on any atom is -0.403 e. The predicted molar refractivity (Wildman–Crippen MR) is 142 cm³/mol. The number of carbonyl (C=O) groups excluding carboxylic acids is 1. The molecule has 1 saturated heterocycles. The number of morpholine rings is 1. The number of nitrogens with one attached hydrogen (secondary N) is 2. The standard InChI is InChI=1S/C28H26N6O3/c1-18-17-20(11-12-23(18)34-13-15-36-16-14-34)27-32-33-28(37-27)31-25-26(35)29-22-10-6-5-9-21(22)24(30-25)19-7-3-2-4-8-19/h2-12,17,25H,13-16H2,1H3,(H,29,35)(H,31,33). The van der Waals surface area contributed by atoms with Crippen molar-refractivity contribution in [3.63, 3.8) is 0 Å². The Kier molecular flexibility index (Phi) is 6.11. The molecule has 2 aliphatic heterocycles. The number of anilines is 3. The van der Waals surface area contributed by atoms with Crippen LogP contribution in [0.4, 0.5) is 17.4 Å². The Hall–Kier alpha value is -4.50. The molecule has 0 radical (unpaired) electrons. The van der Waals surface area contributed by atoms with E-state index in [1.807, 2.05) is 66.7 Å². The van der Waals surface area contributed by atoms with E-state index in [9.17, 15) is 4.79 Å². The molecule has 186 valence electrons. The zero-order valence-electron chi connectivity index (χ0n) is 20.3. The molecule has 0 bridgehead atoms. The molecule has 3 aromatic carbocycles. The van der Waals surface area contributed by atoms with Gasteiger partial charge in [0.15, 0.2) is 0 Å². The number of aliphatic imine (C=N–C) groups is 1. The summed E-state index contributed by atoms with van der Waals surface area (Å²) >= 11 is 0. The lowest BCUT2D eigenvalue weighted by molar-refractivity contribution is -0.116. The van der Waals surface area contributed by atoms with Crippen LogP contribution in [0, 0.1) is 6.92 Å². The molecule has 1 atom stereocenters. The molecule has 9 heteroatoms. The number of rotatable bonds is 5. The molecule has 6 rings (SSSR count). The van der Waals surface area contributed by atoms with Crippen molar-refractivity contribution >= 4 is 29.0 Å². The minimum atomic E-state index is -0.957. The fraction of sp³-hybridized carbons (Fsp3) is 0.214. The predicted octanol–water partition coefficient (Wildman–Crippen LogP) is 4.11. The first-order valence-corrected chi connectivity index (χ1v) is 12.2. The Labute approximate surface area is 214 Å². The van der Waals surface area contributed by atoms with Crippen LogP contribution in [0.25, 0.3) is 11.5 Å². The van der Waals surface area contributed by atoms with E-state index in [-0.39, 0.29) is 11.9 Å². The van der Waals surface area contributed by atoms with Crippen LogP contribution in [0.5, 0.6) is 0 Å². The molecule has 3 heterocycles. The fourth-order valence-electron chi connectivity index (χ4n) is 4.64. The maximum absolute atomic E-state index is 13.1. The van der Waals surface area contributed by atoms with Crippen molar-refractivity contribution in [1.29, 1.82) is 0 Å². The van der Waals surface area contributed by atoms with E-state index in [4.69, 9.17) is 14.1 Å². The SMILES string of the molecule is Cc1cc(-c2nnc(NC3N=C(c4ccccc4)c4ccccc4NC3=O)o2)ccc1N1CCOCC1. The average Bonchev–Trinajstić information content (AvgIpc) is 3.35. The molecule has 4 aromatic rings. The van der Waals surface area contributed by atoms with Gasteiger partial charge in [0.05, 0.1) is 24.6 Å². The second-order valence-corrected chi connectivity index (χ2v) is 8.94. The first kappa shape index (κ1) is 22.9. The Morgan fingerprint density at radius 1 is 0.946 bits per heavy atom. The van der Waals surface area contributed by atoms with Crippen molar-refractivity contribution in [3.8, 4) is 11.5 Å². The lowest BCUT2D eigenvalue weighted by Gasteiger charge is -2.30. The van der Waals surface area contributed by atoms with Crippen LogP contribution in [0.3, 0.4) is 0 Å². The molecule has 2 aliphatic rings. The maximum Gasteiger partial charge on any atom is 0.317 e.